The molecule has 10 nitrogen and oxygen atoms in total. The molecule has 4 aliphatic rings. The number of nitrogens with one attached hydrogen (secondary N) is 1. The first-order valence-electron chi connectivity index (χ1n) is 15.1. The van der Waals surface area contributed by atoms with Crippen LogP contribution >= 0.6 is 15.9 Å². The van der Waals surface area contributed by atoms with Crippen molar-refractivity contribution < 1.29 is 33.8 Å². The fourth-order valence-corrected chi connectivity index (χ4v) is 7.65. The van der Waals surface area contributed by atoms with E-state index in [4.69, 9.17) is 9.47 Å². The molecule has 0 aliphatic carbocycles. The van der Waals surface area contributed by atoms with Gasteiger partial charge in [-0.25, -0.2) is 0 Å². The van der Waals surface area contributed by atoms with E-state index in [0.29, 0.717) is 16.5 Å². The Morgan fingerprint density at radius 3 is 2.53 bits per heavy atom. The fourth-order valence-electron chi connectivity index (χ4n) is 6.91. The second-order valence-electron chi connectivity index (χ2n) is 11.9. The lowest BCUT2D eigenvalue weighted by Crippen LogP contribution is -2.59. The van der Waals surface area contributed by atoms with Gasteiger partial charge in [0.05, 0.1) is 25.1 Å². The summed E-state index contributed by atoms with van der Waals surface area (Å²) >= 11 is 3.56. The van der Waals surface area contributed by atoms with E-state index in [1.807, 2.05) is 56.3 Å². The largest absolute Gasteiger partial charge is 0.455 e. The van der Waals surface area contributed by atoms with Crippen LogP contribution in [0.1, 0.15) is 58.1 Å². The summed E-state index contributed by atoms with van der Waals surface area (Å²) < 4.78 is 13.2. The van der Waals surface area contributed by atoms with E-state index >= 15 is 0 Å². The molecule has 232 valence electrons. The molecule has 5 bridgehead atoms. The Hall–Kier alpha value is -3.02. The summed E-state index contributed by atoms with van der Waals surface area (Å²) in [5.74, 6) is -3.62. The third-order valence-electron chi connectivity index (χ3n) is 9.05. The summed E-state index contributed by atoms with van der Waals surface area (Å²) in [7, 11) is 0. The molecule has 2 fully saturated rings. The van der Waals surface area contributed by atoms with Crippen LogP contribution in [0.15, 0.2) is 53.0 Å². The topological polar surface area (TPSA) is 125 Å². The molecule has 1 aromatic rings. The standard InChI is InChI=1S/C32H40BrN3O7/c1-4-11-19(2)35-15-10-6-9-14-24(38)34-17-23(21-12-7-5-8-13-21)42-31(41)25-26-29(39)36(20(3)18-37)28(30(35)40)32(26)16-22(33)27(25)43-32/h5-8,10,12-13,16,19-20,23,25-28,37H,4,9,11,14-15,17-18H2,1-3H3,(H,34,38)/b10-6-/t19?,20-,23-,25-,26+,27-,28-,32+/m1/s1. The highest BCUT2D eigenvalue weighted by atomic mass is 79.9. The predicted molar refractivity (Wildman–Crippen MR) is 162 cm³/mol. The van der Waals surface area contributed by atoms with Crippen molar-refractivity contribution in [2.45, 2.75) is 82.4 Å². The van der Waals surface area contributed by atoms with E-state index < -0.39 is 53.6 Å². The van der Waals surface area contributed by atoms with Gasteiger partial charge >= 0.3 is 5.97 Å². The number of nitrogens with zero attached hydrogens (tertiary/aromatic N) is 2. The molecule has 0 saturated carbocycles. The van der Waals surface area contributed by atoms with E-state index in [1.54, 1.807) is 17.9 Å². The highest BCUT2D eigenvalue weighted by Gasteiger charge is 2.75. The Labute approximate surface area is 260 Å². The van der Waals surface area contributed by atoms with Crippen molar-refractivity contribution in [2.75, 3.05) is 19.7 Å². The molecule has 1 spiro atoms. The minimum atomic E-state index is -1.41. The number of ether oxygens (including phenoxy) is 2. The Morgan fingerprint density at radius 1 is 1.09 bits per heavy atom. The van der Waals surface area contributed by atoms with Crippen LogP contribution in [0.5, 0.6) is 0 Å². The number of cyclic esters (lactones) is 1. The Morgan fingerprint density at radius 2 is 1.84 bits per heavy atom. The van der Waals surface area contributed by atoms with Gasteiger partial charge in [-0.3, -0.25) is 19.2 Å². The lowest BCUT2D eigenvalue weighted by molar-refractivity contribution is -0.160. The number of aliphatic hydroxyl groups excluding tert-OH is 1. The number of fused-ring (bicyclic) bond motifs is 2. The number of allylic oxidation sites excluding steroid dienone is 1. The number of aliphatic hydroxyl groups is 1. The van der Waals surface area contributed by atoms with Crippen molar-refractivity contribution in [2.24, 2.45) is 11.8 Å². The first-order chi connectivity index (χ1) is 20.6. The van der Waals surface area contributed by atoms with Crippen molar-refractivity contribution in [3.8, 4) is 0 Å². The summed E-state index contributed by atoms with van der Waals surface area (Å²) in [6.07, 6.45) is 6.21. The molecule has 11 heteroatoms. The molecule has 8 atom stereocenters. The van der Waals surface area contributed by atoms with Crippen molar-refractivity contribution in [1.29, 1.82) is 0 Å². The van der Waals surface area contributed by atoms with E-state index in [-0.39, 0.29) is 44.0 Å². The quantitative estimate of drug-likeness (QED) is 0.356. The van der Waals surface area contributed by atoms with Gasteiger partial charge in [0.2, 0.25) is 17.7 Å². The number of hydrogen-bond donors (Lipinski definition) is 2. The van der Waals surface area contributed by atoms with Gasteiger partial charge in [0.25, 0.3) is 0 Å². The summed E-state index contributed by atoms with van der Waals surface area (Å²) in [6, 6.07) is 7.20. The first-order valence-corrected chi connectivity index (χ1v) is 15.9. The Bertz CT molecular complexity index is 1300. The molecule has 4 aliphatic heterocycles. The second kappa shape index (κ2) is 12.9. The molecule has 1 aromatic carbocycles. The monoisotopic (exact) mass is 657 g/mol. The third kappa shape index (κ3) is 5.67. The number of rotatable bonds is 6. The van der Waals surface area contributed by atoms with Crippen LogP contribution in [-0.4, -0.2) is 88.1 Å². The molecular weight excluding hydrogens is 618 g/mol. The lowest BCUT2D eigenvalue weighted by Gasteiger charge is -2.39. The maximum atomic E-state index is 14.6. The minimum absolute atomic E-state index is 0.0639. The number of carbonyl (C=O) groups is 4. The van der Waals surface area contributed by atoms with Crippen molar-refractivity contribution >= 4 is 39.6 Å². The molecule has 2 saturated heterocycles. The van der Waals surface area contributed by atoms with Gasteiger partial charge in [-0.15, -0.1) is 0 Å². The molecule has 43 heavy (non-hydrogen) atoms. The summed E-state index contributed by atoms with van der Waals surface area (Å²) in [4.78, 5) is 58.8. The van der Waals surface area contributed by atoms with Gasteiger partial charge in [-0.05, 0) is 38.3 Å². The van der Waals surface area contributed by atoms with Crippen LogP contribution in [0, 0.1) is 11.8 Å². The van der Waals surface area contributed by atoms with Crippen LogP contribution in [0.4, 0.5) is 0 Å². The lowest BCUT2D eigenvalue weighted by atomic mass is 9.74. The van der Waals surface area contributed by atoms with Gasteiger partial charge < -0.3 is 29.7 Å². The molecule has 0 radical (unpaired) electrons. The van der Waals surface area contributed by atoms with Gasteiger partial charge in [-0.2, -0.15) is 0 Å². The number of amides is 3. The van der Waals surface area contributed by atoms with Crippen LogP contribution in [0.3, 0.4) is 0 Å². The van der Waals surface area contributed by atoms with E-state index in [9.17, 15) is 24.3 Å². The van der Waals surface area contributed by atoms with Gasteiger partial charge in [0, 0.05) is 23.5 Å². The van der Waals surface area contributed by atoms with Crippen molar-refractivity contribution in [3.63, 3.8) is 0 Å². The van der Waals surface area contributed by atoms with Gasteiger partial charge in [0.1, 0.15) is 29.8 Å². The zero-order chi connectivity index (χ0) is 30.9. The zero-order valence-corrected chi connectivity index (χ0v) is 26.4. The summed E-state index contributed by atoms with van der Waals surface area (Å²) in [6.45, 7) is 5.69. The predicted octanol–water partition coefficient (Wildman–Crippen LogP) is 3.01. The zero-order valence-electron chi connectivity index (χ0n) is 24.8. The fraction of sp³-hybridized carbons (Fsp3) is 0.562. The first kappa shape index (κ1) is 31.4. The number of likely N-dealkylation sites (tertiary alicyclic amines) is 1. The number of benzene rings is 1. The Kier molecular flexibility index (Phi) is 9.43. The maximum absolute atomic E-state index is 14.6. The minimum Gasteiger partial charge on any atom is -0.455 e. The molecule has 3 amide bonds. The molecule has 1 unspecified atom stereocenters. The molecule has 5 rings (SSSR count). The number of carbonyl (C=O) groups excluding carboxylic acids is 4. The molecular formula is C32H40BrN3O7. The van der Waals surface area contributed by atoms with Gasteiger partial charge in [0.15, 0.2) is 0 Å². The van der Waals surface area contributed by atoms with Crippen molar-refractivity contribution in [1.82, 2.24) is 15.1 Å². The van der Waals surface area contributed by atoms with Crippen LogP contribution < -0.4 is 5.32 Å². The van der Waals surface area contributed by atoms with Crippen LogP contribution in [0.25, 0.3) is 0 Å². The number of hydrogen-bond acceptors (Lipinski definition) is 7. The molecule has 0 aromatic heterocycles. The van der Waals surface area contributed by atoms with Gasteiger partial charge in [-0.1, -0.05) is 71.8 Å². The van der Waals surface area contributed by atoms with E-state index in [1.165, 1.54) is 4.90 Å². The van der Waals surface area contributed by atoms with Crippen molar-refractivity contribution in [3.05, 3.63) is 58.6 Å². The summed E-state index contributed by atoms with van der Waals surface area (Å²) in [5.41, 5.74) is -0.715. The Balaban J connectivity index is 1.60. The second-order valence-corrected chi connectivity index (χ2v) is 12.8. The normalized spacial score (nSPS) is 33.5. The SMILES string of the molecule is CCCC(C)N1C/C=C\CCC(=O)NC[C@H](c2ccccc2)OC(=O)[C@H]2[C@@H]3O[C@@]4(C=C3Br)[C@@H]2C(=O)N([C@H](C)CO)[C@@H]4C1=O. The van der Waals surface area contributed by atoms with Crippen LogP contribution in [-0.2, 0) is 28.7 Å². The van der Waals surface area contributed by atoms with E-state index in [2.05, 4.69) is 21.2 Å². The van der Waals surface area contributed by atoms with Crippen LogP contribution in [0.2, 0.25) is 0 Å². The number of esters is 1. The maximum Gasteiger partial charge on any atom is 0.313 e. The number of halogens is 1. The summed E-state index contributed by atoms with van der Waals surface area (Å²) in [5, 5.41) is 13.1. The third-order valence-corrected chi connectivity index (χ3v) is 9.73. The average Bonchev–Trinajstić information content (AvgIpc) is 3.59. The molecule has 2 N–H and O–H groups in total. The average molecular weight is 659 g/mol. The molecule has 4 heterocycles. The highest BCUT2D eigenvalue weighted by Crippen LogP contribution is 2.59. The highest BCUT2D eigenvalue weighted by molar-refractivity contribution is 9.11. The smallest absolute Gasteiger partial charge is 0.313 e. The van der Waals surface area contributed by atoms with E-state index in [0.717, 1.165) is 12.8 Å².